The van der Waals surface area contributed by atoms with E-state index in [0.717, 1.165) is 0 Å². The van der Waals surface area contributed by atoms with Crippen LogP contribution in [-0.4, -0.2) is 12.6 Å². The maximum absolute atomic E-state index is 10.7. The minimum absolute atomic E-state index is 0.211. The maximum atomic E-state index is 10.7. The third kappa shape index (κ3) is 4.82. The Hall–Kier alpha value is -0.530. The monoisotopic (exact) mass is 157 g/mol. The minimum atomic E-state index is -0.211. The molecule has 2 nitrogen and oxygen atoms in total. The van der Waals surface area contributed by atoms with Crippen molar-refractivity contribution in [2.45, 2.75) is 27.2 Å². The van der Waals surface area contributed by atoms with Gasteiger partial charge in [-0.25, -0.2) is 0 Å². The number of carbonyl (C=O) groups excluding carboxylic acids is 1. The first-order chi connectivity index (χ1) is 5.07. The molecule has 0 rings (SSSR count). The molecule has 0 aromatic heterocycles. The van der Waals surface area contributed by atoms with Gasteiger partial charge in [0.1, 0.15) is 0 Å². The lowest BCUT2D eigenvalue weighted by atomic mass is 9.99. The van der Waals surface area contributed by atoms with Crippen molar-refractivity contribution in [1.82, 2.24) is 0 Å². The van der Waals surface area contributed by atoms with Gasteiger partial charge >= 0.3 is 5.97 Å². The molecule has 65 valence electrons. The number of carbonyl (C=O) groups is 1. The van der Waals surface area contributed by atoms with E-state index in [1.165, 1.54) is 0 Å². The first kappa shape index (κ1) is 10.5. The highest BCUT2D eigenvalue weighted by Crippen LogP contribution is 2.09. The second-order valence-corrected chi connectivity index (χ2v) is 3.15. The fourth-order valence-electron chi connectivity index (χ4n) is 0.489. The SMILES string of the molecule is [CH2]CC(=O)OCC(C)C(C)C. The fraction of sp³-hybridized carbons (Fsp3) is 0.778. The van der Waals surface area contributed by atoms with E-state index in [9.17, 15) is 4.79 Å². The van der Waals surface area contributed by atoms with Crippen LogP contribution in [0.1, 0.15) is 27.2 Å². The van der Waals surface area contributed by atoms with Crippen LogP contribution in [0.4, 0.5) is 0 Å². The number of rotatable bonds is 4. The predicted octanol–water partition coefficient (Wildman–Crippen LogP) is 2.05. The predicted molar refractivity (Wildman–Crippen MR) is 44.9 cm³/mol. The molecule has 0 saturated carbocycles. The summed E-state index contributed by atoms with van der Waals surface area (Å²) in [4.78, 5) is 10.7. The van der Waals surface area contributed by atoms with Crippen molar-refractivity contribution in [3.63, 3.8) is 0 Å². The Kier molecular flexibility index (Phi) is 4.92. The van der Waals surface area contributed by atoms with E-state index >= 15 is 0 Å². The maximum Gasteiger partial charge on any atom is 0.305 e. The zero-order valence-corrected chi connectivity index (χ0v) is 7.59. The summed E-state index contributed by atoms with van der Waals surface area (Å²) in [6, 6.07) is 0. The minimum Gasteiger partial charge on any atom is -0.465 e. The van der Waals surface area contributed by atoms with Gasteiger partial charge in [-0.05, 0) is 18.8 Å². The van der Waals surface area contributed by atoms with Gasteiger partial charge in [0.25, 0.3) is 0 Å². The van der Waals surface area contributed by atoms with E-state index < -0.39 is 0 Å². The van der Waals surface area contributed by atoms with Gasteiger partial charge < -0.3 is 4.74 Å². The number of hydrogen-bond acceptors (Lipinski definition) is 2. The van der Waals surface area contributed by atoms with Gasteiger partial charge in [-0.1, -0.05) is 20.8 Å². The summed E-state index contributed by atoms with van der Waals surface area (Å²) in [5.41, 5.74) is 0. The molecule has 0 saturated heterocycles. The molecule has 0 aliphatic carbocycles. The standard InChI is InChI=1S/C9H17O2/c1-5-9(10)11-6-8(4)7(2)3/h7-8H,1,5-6H2,2-4H3. The second kappa shape index (κ2) is 5.16. The zero-order valence-electron chi connectivity index (χ0n) is 7.59. The highest BCUT2D eigenvalue weighted by atomic mass is 16.5. The zero-order chi connectivity index (χ0) is 8.85. The third-order valence-corrected chi connectivity index (χ3v) is 1.85. The Morgan fingerprint density at radius 1 is 1.45 bits per heavy atom. The summed E-state index contributed by atoms with van der Waals surface area (Å²) in [6.07, 6.45) is 0.227. The molecular formula is C9H17O2. The molecule has 0 spiro atoms. The third-order valence-electron chi connectivity index (χ3n) is 1.85. The van der Waals surface area contributed by atoms with Crippen LogP contribution >= 0.6 is 0 Å². The van der Waals surface area contributed by atoms with Gasteiger partial charge in [0.05, 0.1) is 6.61 Å². The fourth-order valence-corrected chi connectivity index (χ4v) is 0.489. The van der Waals surface area contributed by atoms with Gasteiger partial charge in [0.15, 0.2) is 0 Å². The molecule has 0 aliphatic rings. The molecule has 0 fully saturated rings. The van der Waals surface area contributed by atoms with Gasteiger partial charge in [0.2, 0.25) is 0 Å². The number of esters is 1. The van der Waals surface area contributed by atoms with Crippen molar-refractivity contribution >= 4 is 5.97 Å². The average Bonchev–Trinajstić information content (AvgIpc) is 1.99. The van der Waals surface area contributed by atoms with Crippen LogP contribution in [0.25, 0.3) is 0 Å². The molecule has 0 bridgehead atoms. The van der Waals surface area contributed by atoms with Crippen molar-refractivity contribution < 1.29 is 9.53 Å². The number of ether oxygens (including phenoxy) is 1. The van der Waals surface area contributed by atoms with Crippen molar-refractivity contribution in [2.75, 3.05) is 6.61 Å². The van der Waals surface area contributed by atoms with Gasteiger partial charge in [-0.15, -0.1) is 0 Å². The molecule has 0 amide bonds. The summed E-state index contributed by atoms with van der Waals surface area (Å²) >= 11 is 0. The van der Waals surface area contributed by atoms with Gasteiger partial charge in [-0.2, -0.15) is 0 Å². The van der Waals surface area contributed by atoms with E-state index in [4.69, 9.17) is 4.74 Å². The molecule has 1 unspecified atom stereocenters. The molecule has 0 heterocycles. The molecule has 1 radical (unpaired) electrons. The molecular weight excluding hydrogens is 140 g/mol. The van der Waals surface area contributed by atoms with Gasteiger partial charge in [-0.3, -0.25) is 4.79 Å². The Bertz CT molecular complexity index is 119. The van der Waals surface area contributed by atoms with Crippen LogP contribution < -0.4 is 0 Å². The van der Waals surface area contributed by atoms with Crippen molar-refractivity contribution in [3.05, 3.63) is 6.92 Å². The van der Waals surface area contributed by atoms with Crippen molar-refractivity contribution in [2.24, 2.45) is 11.8 Å². The lowest BCUT2D eigenvalue weighted by molar-refractivity contribution is -0.144. The average molecular weight is 157 g/mol. The molecule has 0 N–H and O–H groups in total. The Balaban J connectivity index is 3.45. The van der Waals surface area contributed by atoms with E-state index in [0.29, 0.717) is 18.4 Å². The van der Waals surface area contributed by atoms with E-state index in [1.54, 1.807) is 0 Å². The van der Waals surface area contributed by atoms with Crippen LogP contribution in [0.5, 0.6) is 0 Å². The molecule has 0 aliphatic heterocycles. The largest absolute Gasteiger partial charge is 0.465 e. The first-order valence-electron chi connectivity index (χ1n) is 4.02. The van der Waals surface area contributed by atoms with Crippen LogP contribution in [0.2, 0.25) is 0 Å². The molecule has 0 aromatic carbocycles. The summed E-state index contributed by atoms with van der Waals surface area (Å²) in [6.45, 7) is 10.3. The van der Waals surface area contributed by atoms with Gasteiger partial charge in [0, 0.05) is 6.42 Å². The lowest BCUT2D eigenvalue weighted by Crippen LogP contribution is -2.15. The topological polar surface area (TPSA) is 26.3 Å². The second-order valence-electron chi connectivity index (χ2n) is 3.15. The Labute approximate surface area is 68.9 Å². The summed E-state index contributed by atoms with van der Waals surface area (Å²) in [5.74, 6) is 0.788. The number of hydrogen-bond donors (Lipinski definition) is 0. The molecule has 1 atom stereocenters. The first-order valence-corrected chi connectivity index (χ1v) is 4.02. The van der Waals surface area contributed by atoms with Crippen molar-refractivity contribution in [3.8, 4) is 0 Å². The summed E-state index contributed by atoms with van der Waals surface area (Å²) in [7, 11) is 0. The summed E-state index contributed by atoms with van der Waals surface area (Å²) in [5, 5.41) is 0. The van der Waals surface area contributed by atoms with E-state index in [1.807, 2.05) is 0 Å². The Morgan fingerprint density at radius 3 is 2.36 bits per heavy atom. The van der Waals surface area contributed by atoms with Crippen LogP contribution in [0.15, 0.2) is 0 Å². The highest BCUT2D eigenvalue weighted by molar-refractivity contribution is 5.69. The van der Waals surface area contributed by atoms with Crippen LogP contribution in [0.3, 0.4) is 0 Å². The smallest absolute Gasteiger partial charge is 0.305 e. The summed E-state index contributed by atoms with van der Waals surface area (Å²) < 4.78 is 4.91. The van der Waals surface area contributed by atoms with Crippen LogP contribution in [0, 0.1) is 18.8 Å². The molecule has 2 heteroatoms. The van der Waals surface area contributed by atoms with E-state index in [2.05, 4.69) is 27.7 Å². The molecule has 11 heavy (non-hydrogen) atoms. The van der Waals surface area contributed by atoms with Crippen LogP contribution in [-0.2, 0) is 9.53 Å². The van der Waals surface area contributed by atoms with Crippen molar-refractivity contribution in [1.29, 1.82) is 0 Å². The van der Waals surface area contributed by atoms with E-state index in [-0.39, 0.29) is 12.4 Å². The lowest BCUT2D eigenvalue weighted by Gasteiger charge is -2.14. The molecule has 0 aromatic rings. The quantitative estimate of drug-likeness (QED) is 0.584. The highest BCUT2D eigenvalue weighted by Gasteiger charge is 2.08. The normalized spacial score (nSPS) is 13.2. The Morgan fingerprint density at radius 2 is 2.00 bits per heavy atom.